The Balaban J connectivity index is 2.68. The predicted octanol–water partition coefficient (Wildman–Crippen LogP) is 1.54. The molecule has 0 heterocycles. The van der Waals surface area contributed by atoms with Gasteiger partial charge >= 0.3 is 0 Å². The van der Waals surface area contributed by atoms with E-state index in [1.54, 1.807) is 0 Å². The van der Waals surface area contributed by atoms with E-state index in [2.05, 4.69) is 11.8 Å². The molecule has 1 unspecified atom stereocenters. The second-order valence-electron chi connectivity index (χ2n) is 1.48. The van der Waals surface area contributed by atoms with Gasteiger partial charge in [-0.05, 0) is 6.92 Å². The molecule has 0 aliphatic rings. The van der Waals surface area contributed by atoms with Gasteiger partial charge in [0.15, 0.2) is 0 Å². The molecule has 0 saturated carbocycles. The summed E-state index contributed by atoms with van der Waals surface area (Å²) in [7, 11) is 3.09. The number of hydrogen-bond donors (Lipinski definition) is 0. The van der Waals surface area contributed by atoms with Gasteiger partial charge in [-0.25, -0.2) is 4.39 Å². The van der Waals surface area contributed by atoms with Crippen molar-refractivity contribution in [2.45, 2.75) is 19.5 Å². The number of ether oxygens (including phenoxy) is 1. The van der Waals surface area contributed by atoms with E-state index in [4.69, 9.17) is 0 Å². The Morgan fingerprint density at radius 2 is 2.43 bits per heavy atom. The molecule has 0 aromatic heterocycles. The Bertz CT molecular complexity index is 37.1. The van der Waals surface area contributed by atoms with E-state index in [1.807, 2.05) is 0 Å². The van der Waals surface area contributed by atoms with Gasteiger partial charge in [-0.15, -0.1) is 0 Å². The highest BCUT2D eigenvalue weighted by Gasteiger charge is 1.93. The molecule has 0 aromatic rings. The average Bonchev–Trinajstić information content (AvgIpc) is 1.61. The lowest BCUT2D eigenvalue weighted by atomic mass is 10.3. The second-order valence-corrected chi connectivity index (χ2v) is 1.48. The maximum Gasteiger partial charge on any atom is 0.0995 e. The van der Waals surface area contributed by atoms with Gasteiger partial charge in [0.05, 0.1) is 13.3 Å². The van der Waals surface area contributed by atoms with Gasteiger partial charge in [0.2, 0.25) is 0 Å². The van der Waals surface area contributed by atoms with Crippen LogP contribution >= 0.6 is 0 Å². The monoisotopic (exact) mass is 105 g/mol. The van der Waals surface area contributed by atoms with Gasteiger partial charge in [-0.3, -0.25) is 0 Å². The van der Waals surface area contributed by atoms with Gasteiger partial charge < -0.3 is 4.74 Å². The van der Waals surface area contributed by atoms with Crippen molar-refractivity contribution in [2.75, 3.05) is 6.61 Å². The van der Waals surface area contributed by atoms with Crippen LogP contribution in [0.3, 0.4) is 0 Å². The van der Waals surface area contributed by atoms with E-state index in [9.17, 15) is 4.39 Å². The maximum atomic E-state index is 11.8. The molecule has 0 spiro atoms. The zero-order chi connectivity index (χ0) is 5.70. The quantitative estimate of drug-likeness (QED) is 0.529. The summed E-state index contributed by atoms with van der Waals surface area (Å²) in [6.45, 7) is 1.91. The predicted molar refractivity (Wildman–Crippen MR) is 26.5 cm³/mol. The van der Waals surface area contributed by atoms with Crippen LogP contribution in [0.1, 0.15) is 13.3 Å². The summed E-state index contributed by atoms with van der Waals surface area (Å²) >= 11 is 0. The van der Waals surface area contributed by atoms with E-state index in [0.29, 0.717) is 13.0 Å². The summed E-state index contributed by atoms with van der Waals surface area (Å²) in [5.74, 6) is 0. The molecular weight excluding hydrogens is 95.1 g/mol. The van der Waals surface area contributed by atoms with E-state index in [-0.39, 0.29) is 0 Å². The minimum atomic E-state index is -0.762. The first-order valence-electron chi connectivity index (χ1n) is 2.28. The summed E-state index contributed by atoms with van der Waals surface area (Å²) in [4.78, 5) is 0. The molecule has 0 aliphatic heterocycles. The molecule has 0 fully saturated rings. The molecule has 0 saturated heterocycles. The molecule has 1 atom stereocenters. The summed E-state index contributed by atoms with van der Waals surface area (Å²) in [5, 5.41) is 0. The molecule has 0 bridgehead atoms. The highest BCUT2D eigenvalue weighted by Crippen LogP contribution is 1.93. The molecule has 2 heteroatoms. The van der Waals surface area contributed by atoms with E-state index < -0.39 is 6.17 Å². The van der Waals surface area contributed by atoms with Crippen molar-refractivity contribution < 1.29 is 9.13 Å². The first kappa shape index (κ1) is 6.89. The Labute approximate surface area is 43.5 Å². The number of halogens is 1. The molecule has 1 radical (unpaired) electrons. The number of rotatable bonds is 3. The topological polar surface area (TPSA) is 9.23 Å². The first-order valence-corrected chi connectivity index (χ1v) is 2.28. The lowest BCUT2D eigenvalue weighted by molar-refractivity contribution is 0.199. The highest BCUT2D eigenvalue weighted by atomic mass is 19.1. The highest BCUT2D eigenvalue weighted by molar-refractivity contribution is 4.43. The van der Waals surface area contributed by atoms with Crippen molar-refractivity contribution in [1.29, 1.82) is 0 Å². The van der Waals surface area contributed by atoms with Crippen LogP contribution in [-0.2, 0) is 4.74 Å². The third kappa shape index (κ3) is 5.89. The second kappa shape index (κ2) is 4.06. The normalized spacial score (nSPS) is 14.1. The molecule has 0 N–H and O–H groups in total. The average molecular weight is 105 g/mol. The van der Waals surface area contributed by atoms with Crippen molar-refractivity contribution in [3.8, 4) is 0 Å². The summed E-state index contributed by atoms with van der Waals surface area (Å²) in [6.07, 6.45) is -0.314. The Morgan fingerprint density at radius 1 is 1.86 bits per heavy atom. The lowest BCUT2D eigenvalue weighted by Crippen LogP contribution is -1.96. The first-order chi connectivity index (χ1) is 3.27. The van der Waals surface area contributed by atoms with Crippen LogP contribution in [-0.4, -0.2) is 12.8 Å². The van der Waals surface area contributed by atoms with E-state index in [0.717, 1.165) is 0 Å². The maximum absolute atomic E-state index is 11.8. The third-order valence-corrected chi connectivity index (χ3v) is 0.660. The van der Waals surface area contributed by atoms with E-state index >= 15 is 0 Å². The third-order valence-electron chi connectivity index (χ3n) is 0.660. The smallest absolute Gasteiger partial charge is 0.0995 e. The minimum Gasteiger partial charge on any atom is -0.379 e. The van der Waals surface area contributed by atoms with Crippen LogP contribution in [0.4, 0.5) is 4.39 Å². The van der Waals surface area contributed by atoms with Crippen LogP contribution in [0.15, 0.2) is 0 Å². The van der Waals surface area contributed by atoms with Crippen molar-refractivity contribution in [3.63, 3.8) is 0 Å². The minimum absolute atomic E-state index is 0.414. The number of hydrogen-bond acceptors (Lipinski definition) is 1. The van der Waals surface area contributed by atoms with Gasteiger partial charge in [0.1, 0.15) is 0 Å². The Hall–Kier alpha value is -0.110. The van der Waals surface area contributed by atoms with E-state index in [1.165, 1.54) is 6.92 Å². The van der Waals surface area contributed by atoms with Crippen LogP contribution in [0.25, 0.3) is 0 Å². The van der Waals surface area contributed by atoms with Crippen molar-refractivity contribution in [1.82, 2.24) is 0 Å². The van der Waals surface area contributed by atoms with Crippen LogP contribution in [0.5, 0.6) is 0 Å². The zero-order valence-corrected chi connectivity index (χ0v) is 4.48. The van der Waals surface area contributed by atoms with Crippen molar-refractivity contribution >= 4 is 0 Å². The van der Waals surface area contributed by atoms with Crippen molar-refractivity contribution in [3.05, 3.63) is 7.11 Å². The molecule has 0 aliphatic carbocycles. The SMILES string of the molecule is [CH2]OCCC(C)F. The fourth-order valence-corrected chi connectivity index (χ4v) is 0.246. The molecule has 0 aromatic carbocycles. The molecule has 1 nitrogen and oxygen atoms in total. The standard InChI is InChI=1S/C5H10FO/c1-5(6)3-4-7-2/h5H,2-4H2,1H3. The summed E-state index contributed by atoms with van der Waals surface area (Å²) < 4.78 is 16.1. The zero-order valence-electron chi connectivity index (χ0n) is 4.48. The summed E-state index contributed by atoms with van der Waals surface area (Å²) in [5.41, 5.74) is 0. The molecule has 43 valence electrons. The molecule has 7 heavy (non-hydrogen) atoms. The van der Waals surface area contributed by atoms with Gasteiger partial charge in [-0.1, -0.05) is 0 Å². The van der Waals surface area contributed by atoms with Gasteiger partial charge in [0.25, 0.3) is 0 Å². The fraction of sp³-hybridized carbons (Fsp3) is 0.800. The summed E-state index contributed by atoms with van der Waals surface area (Å²) in [6, 6.07) is 0. The van der Waals surface area contributed by atoms with Crippen LogP contribution in [0, 0.1) is 7.11 Å². The van der Waals surface area contributed by atoms with Crippen LogP contribution < -0.4 is 0 Å². The number of alkyl halides is 1. The van der Waals surface area contributed by atoms with Gasteiger partial charge in [0, 0.05) is 13.0 Å². The Morgan fingerprint density at radius 3 is 2.57 bits per heavy atom. The lowest BCUT2D eigenvalue weighted by Gasteiger charge is -1.96. The van der Waals surface area contributed by atoms with Crippen LogP contribution in [0.2, 0.25) is 0 Å². The Kier molecular flexibility index (Phi) is 4.00. The van der Waals surface area contributed by atoms with Crippen molar-refractivity contribution in [2.24, 2.45) is 0 Å². The molecule has 0 rings (SSSR count). The van der Waals surface area contributed by atoms with Gasteiger partial charge in [-0.2, -0.15) is 0 Å². The molecular formula is C5H10FO. The largest absolute Gasteiger partial charge is 0.379 e. The fourth-order valence-electron chi connectivity index (χ4n) is 0.246. The molecule has 0 amide bonds.